The molecule has 3 rings (SSSR count). The van der Waals surface area contributed by atoms with Crippen LogP contribution in [0.4, 0.5) is 5.82 Å². The fourth-order valence-electron chi connectivity index (χ4n) is 3.22. The van der Waals surface area contributed by atoms with Crippen molar-refractivity contribution < 1.29 is 10.0 Å². The lowest BCUT2D eigenvalue weighted by Gasteiger charge is -2.18. The molecular formula is C20H23ClN4O2. The summed E-state index contributed by atoms with van der Waals surface area (Å²) in [7, 11) is 0. The minimum atomic E-state index is -0.604. The molecule has 27 heavy (non-hydrogen) atoms. The number of nitrogens with zero attached hydrogens (tertiary/aromatic N) is 2. The van der Waals surface area contributed by atoms with Crippen LogP contribution in [0.5, 0.6) is 0 Å². The van der Waals surface area contributed by atoms with Gasteiger partial charge in [-0.15, -0.1) is 0 Å². The van der Waals surface area contributed by atoms with Crippen LogP contribution in [0.2, 0.25) is 5.02 Å². The van der Waals surface area contributed by atoms with Gasteiger partial charge < -0.3 is 5.32 Å². The highest BCUT2D eigenvalue weighted by molar-refractivity contribution is 6.33. The van der Waals surface area contributed by atoms with E-state index in [2.05, 4.69) is 46.4 Å². The molecule has 0 unspecified atom stereocenters. The second kappa shape index (κ2) is 8.99. The quantitative estimate of drug-likeness (QED) is 0.403. The largest absolute Gasteiger partial charge is 0.365 e. The van der Waals surface area contributed by atoms with E-state index in [-0.39, 0.29) is 0 Å². The van der Waals surface area contributed by atoms with Crippen LogP contribution < -0.4 is 10.8 Å². The average Bonchev–Trinajstić information content (AvgIpc) is 3.08. The lowest BCUT2D eigenvalue weighted by atomic mass is 10.1. The molecule has 6 nitrogen and oxygen atoms in total. The number of anilines is 1. The average molecular weight is 387 g/mol. The van der Waals surface area contributed by atoms with Gasteiger partial charge in [-0.2, -0.15) is 0 Å². The number of likely N-dealkylation sites (tertiary alicyclic amines) is 1. The van der Waals surface area contributed by atoms with Crippen molar-refractivity contribution >= 4 is 29.4 Å². The number of hydrogen-bond donors (Lipinski definition) is 3. The summed E-state index contributed by atoms with van der Waals surface area (Å²) >= 11 is 6.32. The Balaban J connectivity index is 1.56. The highest BCUT2D eigenvalue weighted by Gasteiger charge is 2.23. The van der Waals surface area contributed by atoms with Crippen molar-refractivity contribution in [3.8, 4) is 0 Å². The second-order valence-corrected chi connectivity index (χ2v) is 7.17. The van der Waals surface area contributed by atoms with Gasteiger partial charge in [-0.1, -0.05) is 41.4 Å². The van der Waals surface area contributed by atoms with Gasteiger partial charge in [0.2, 0.25) is 0 Å². The zero-order chi connectivity index (χ0) is 19.2. The summed E-state index contributed by atoms with van der Waals surface area (Å²) in [5, 5.41) is 12.4. The fraction of sp³-hybridized carbons (Fsp3) is 0.300. The smallest absolute Gasteiger partial charge is 0.267 e. The third kappa shape index (κ3) is 5.53. The maximum atomic E-state index is 11.0. The molecule has 1 amide bonds. The van der Waals surface area contributed by atoms with Gasteiger partial charge in [0, 0.05) is 37.9 Å². The van der Waals surface area contributed by atoms with Crippen molar-refractivity contribution in [2.45, 2.75) is 25.9 Å². The SMILES string of the molecule is Cc1cccc(CN2CC[C@@H](Nc3ncc(/C=C/C(=O)NO)cc3Cl)C2)c1. The van der Waals surface area contributed by atoms with Gasteiger partial charge >= 0.3 is 0 Å². The van der Waals surface area contributed by atoms with Gasteiger partial charge in [-0.3, -0.25) is 14.9 Å². The van der Waals surface area contributed by atoms with E-state index in [1.165, 1.54) is 28.8 Å². The van der Waals surface area contributed by atoms with E-state index in [1.807, 2.05) is 0 Å². The van der Waals surface area contributed by atoms with E-state index in [0.717, 1.165) is 26.1 Å². The summed E-state index contributed by atoms with van der Waals surface area (Å²) in [5.74, 6) is 0.0378. The minimum Gasteiger partial charge on any atom is -0.365 e. The molecule has 1 aromatic heterocycles. The molecule has 1 fully saturated rings. The highest BCUT2D eigenvalue weighted by Crippen LogP contribution is 2.24. The number of halogens is 1. The van der Waals surface area contributed by atoms with E-state index in [4.69, 9.17) is 16.8 Å². The molecule has 2 aromatic rings. The predicted molar refractivity (Wildman–Crippen MR) is 107 cm³/mol. The Bertz CT molecular complexity index is 840. The first-order chi connectivity index (χ1) is 13.0. The molecule has 1 aliphatic heterocycles. The number of benzene rings is 1. The highest BCUT2D eigenvalue weighted by atomic mass is 35.5. The molecule has 0 saturated carbocycles. The van der Waals surface area contributed by atoms with Gasteiger partial charge in [-0.05, 0) is 36.6 Å². The monoisotopic (exact) mass is 386 g/mol. The van der Waals surface area contributed by atoms with Crippen molar-refractivity contribution in [1.82, 2.24) is 15.4 Å². The molecule has 0 aliphatic carbocycles. The third-order valence-corrected chi connectivity index (χ3v) is 4.79. The lowest BCUT2D eigenvalue weighted by Crippen LogP contribution is -2.26. The van der Waals surface area contributed by atoms with Crippen molar-refractivity contribution in [2.75, 3.05) is 18.4 Å². The molecule has 1 saturated heterocycles. The number of aromatic nitrogens is 1. The van der Waals surface area contributed by atoms with E-state index in [9.17, 15) is 4.79 Å². The van der Waals surface area contributed by atoms with Crippen LogP contribution in [-0.2, 0) is 11.3 Å². The van der Waals surface area contributed by atoms with Crippen molar-refractivity contribution in [1.29, 1.82) is 0 Å². The molecule has 0 spiro atoms. The summed E-state index contributed by atoms with van der Waals surface area (Å²) in [6.07, 6.45) is 5.41. The van der Waals surface area contributed by atoms with Crippen LogP contribution in [0, 0.1) is 6.92 Å². The van der Waals surface area contributed by atoms with E-state index >= 15 is 0 Å². The summed E-state index contributed by atoms with van der Waals surface area (Å²) in [6, 6.07) is 10.6. The first-order valence-corrected chi connectivity index (χ1v) is 9.23. The van der Waals surface area contributed by atoms with Crippen molar-refractivity contribution in [3.05, 3.63) is 64.3 Å². The Morgan fingerprint density at radius 2 is 2.30 bits per heavy atom. The number of carbonyl (C=O) groups excluding carboxylic acids is 1. The molecule has 1 aromatic carbocycles. The maximum Gasteiger partial charge on any atom is 0.267 e. The molecule has 2 heterocycles. The molecule has 1 aliphatic rings. The first-order valence-electron chi connectivity index (χ1n) is 8.85. The van der Waals surface area contributed by atoms with Gasteiger partial charge in [0.05, 0.1) is 5.02 Å². The van der Waals surface area contributed by atoms with Gasteiger partial charge in [0.1, 0.15) is 5.82 Å². The van der Waals surface area contributed by atoms with Crippen LogP contribution in [0.15, 0.2) is 42.6 Å². The molecule has 0 radical (unpaired) electrons. The number of hydroxylamine groups is 1. The molecule has 1 atom stereocenters. The molecule has 7 heteroatoms. The number of aryl methyl sites for hydroxylation is 1. The van der Waals surface area contributed by atoms with Crippen molar-refractivity contribution in [3.63, 3.8) is 0 Å². The Kier molecular flexibility index (Phi) is 6.45. The lowest BCUT2D eigenvalue weighted by molar-refractivity contribution is -0.124. The number of rotatable bonds is 6. The number of carbonyl (C=O) groups is 1. The Hall–Kier alpha value is -2.41. The first kappa shape index (κ1) is 19.4. The maximum absolute atomic E-state index is 11.0. The summed E-state index contributed by atoms with van der Waals surface area (Å²) in [5.41, 5.74) is 4.83. The number of nitrogens with one attached hydrogen (secondary N) is 2. The second-order valence-electron chi connectivity index (χ2n) is 6.76. The van der Waals surface area contributed by atoms with Gasteiger partial charge in [0.25, 0.3) is 5.91 Å². The summed E-state index contributed by atoms with van der Waals surface area (Å²) in [4.78, 5) is 17.8. The number of hydrogen-bond acceptors (Lipinski definition) is 5. The summed E-state index contributed by atoms with van der Waals surface area (Å²) in [6.45, 7) is 5.02. The van der Waals surface area contributed by atoms with E-state index < -0.39 is 5.91 Å². The minimum absolute atomic E-state index is 0.293. The van der Waals surface area contributed by atoms with Crippen LogP contribution in [0.25, 0.3) is 6.08 Å². The fourth-order valence-corrected chi connectivity index (χ4v) is 3.44. The summed E-state index contributed by atoms with van der Waals surface area (Å²) < 4.78 is 0. The predicted octanol–water partition coefficient (Wildman–Crippen LogP) is 3.25. The van der Waals surface area contributed by atoms with E-state index in [0.29, 0.717) is 22.4 Å². The van der Waals surface area contributed by atoms with Gasteiger partial charge in [-0.25, -0.2) is 10.5 Å². The van der Waals surface area contributed by atoms with Crippen LogP contribution in [-0.4, -0.2) is 40.1 Å². The normalized spacial score (nSPS) is 17.4. The Morgan fingerprint density at radius 3 is 3.04 bits per heavy atom. The molecule has 3 N–H and O–H groups in total. The third-order valence-electron chi connectivity index (χ3n) is 4.50. The Morgan fingerprint density at radius 1 is 1.44 bits per heavy atom. The zero-order valence-electron chi connectivity index (χ0n) is 15.2. The Labute approximate surface area is 163 Å². The number of pyridine rings is 1. The molecule has 142 valence electrons. The topological polar surface area (TPSA) is 77.5 Å². The van der Waals surface area contributed by atoms with Gasteiger partial charge in [0.15, 0.2) is 0 Å². The standard InChI is InChI=1S/C20H23ClN4O2/c1-14-3-2-4-16(9-14)12-25-8-7-17(13-25)23-20-18(21)10-15(11-22-20)5-6-19(26)24-27/h2-6,9-11,17,27H,7-8,12-13H2,1H3,(H,22,23)(H,24,26)/b6-5+/t17-/m1/s1. The number of amides is 1. The molecule has 0 bridgehead atoms. The molecular weight excluding hydrogens is 364 g/mol. The van der Waals surface area contributed by atoms with Crippen LogP contribution in [0.3, 0.4) is 0 Å². The van der Waals surface area contributed by atoms with Crippen molar-refractivity contribution in [2.24, 2.45) is 0 Å². The van der Waals surface area contributed by atoms with Crippen LogP contribution >= 0.6 is 11.6 Å². The van der Waals surface area contributed by atoms with E-state index in [1.54, 1.807) is 12.3 Å². The van der Waals surface area contributed by atoms with Crippen LogP contribution in [0.1, 0.15) is 23.1 Å². The zero-order valence-corrected chi connectivity index (χ0v) is 15.9.